The highest BCUT2D eigenvalue weighted by atomic mass is 32.1. The lowest BCUT2D eigenvalue weighted by molar-refractivity contribution is 0.0928. The molecule has 0 aliphatic carbocycles. The lowest BCUT2D eigenvalue weighted by Gasteiger charge is -2.11. The molecule has 1 aromatic heterocycles. The van der Waals surface area contributed by atoms with Crippen molar-refractivity contribution in [3.8, 4) is 0 Å². The zero-order chi connectivity index (χ0) is 13.4. The molecule has 1 heterocycles. The third-order valence-corrected chi connectivity index (χ3v) is 3.16. The van der Waals surface area contributed by atoms with Crippen LogP contribution < -0.4 is 10.6 Å². The van der Waals surface area contributed by atoms with Crippen molar-refractivity contribution in [2.45, 2.75) is 32.7 Å². The molecule has 0 aliphatic rings. The second-order valence-electron chi connectivity index (χ2n) is 4.00. The Balaban J connectivity index is 2.43. The summed E-state index contributed by atoms with van der Waals surface area (Å²) in [5, 5.41) is 14.8. The first-order chi connectivity index (χ1) is 8.67. The molecule has 2 N–H and O–H groups in total. The van der Waals surface area contributed by atoms with E-state index in [0.29, 0.717) is 16.7 Å². The number of nitrogens with zero attached hydrogens (tertiary/aromatic N) is 2. The lowest BCUT2D eigenvalue weighted by atomic mass is 10.2. The summed E-state index contributed by atoms with van der Waals surface area (Å²) in [7, 11) is 1.64. The van der Waals surface area contributed by atoms with Gasteiger partial charge in [0.15, 0.2) is 0 Å². The zero-order valence-electron chi connectivity index (χ0n) is 11.0. The molecule has 1 amide bonds. The largest absolute Gasteiger partial charge is 0.385 e. The summed E-state index contributed by atoms with van der Waals surface area (Å²) in [4.78, 5) is 11.8. The molecule has 1 aromatic rings. The Morgan fingerprint density at radius 3 is 2.94 bits per heavy atom. The van der Waals surface area contributed by atoms with Crippen LogP contribution in [0.15, 0.2) is 0 Å². The molecule has 0 aliphatic heterocycles. The molecule has 0 fully saturated rings. The molecule has 0 bridgehead atoms. The summed E-state index contributed by atoms with van der Waals surface area (Å²) in [5.74, 6) is -0.180. The summed E-state index contributed by atoms with van der Waals surface area (Å²) in [5.41, 5.74) is 0. The number of rotatable bonds is 8. The second kappa shape index (κ2) is 7.99. The van der Waals surface area contributed by atoms with Gasteiger partial charge in [0.2, 0.25) is 10.1 Å². The summed E-state index contributed by atoms with van der Waals surface area (Å²) >= 11 is 1.27. The number of aromatic nitrogens is 2. The summed E-state index contributed by atoms with van der Waals surface area (Å²) in [6, 6.07) is 0.0633. The average molecular weight is 272 g/mol. The monoisotopic (exact) mass is 272 g/mol. The number of ether oxygens (including phenoxy) is 1. The molecule has 1 rings (SSSR count). The van der Waals surface area contributed by atoms with Crippen LogP contribution in [0.1, 0.15) is 36.5 Å². The molecule has 0 spiro atoms. The molecule has 0 radical (unpaired) electrons. The number of amides is 1. The van der Waals surface area contributed by atoms with Crippen LogP contribution >= 0.6 is 11.3 Å². The standard InChI is InChI=1S/C11H20N4O2S/c1-4-6-12-11-15-14-10(18-11)9(16)13-8(2)5-7-17-3/h8H,4-7H2,1-3H3,(H,12,15)(H,13,16). The van der Waals surface area contributed by atoms with Crippen LogP contribution in [0.4, 0.5) is 5.13 Å². The fraction of sp³-hybridized carbons (Fsp3) is 0.727. The van der Waals surface area contributed by atoms with Crippen molar-refractivity contribution in [3.05, 3.63) is 5.01 Å². The van der Waals surface area contributed by atoms with Gasteiger partial charge in [-0.05, 0) is 19.8 Å². The van der Waals surface area contributed by atoms with Crippen LogP contribution in [0.2, 0.25) is 0 Å². The Kier molecular flexibility index (Phi) is 6.59. The van der Waals surface area contributed by atoms with Crippen LogP contribution in [0.3, 0.4) is 0 Å². The highest BCUT2D eigenvalue weighted by Gasteiger charge is 2.14. The highest BCUT2D eigenvalue weighted by molar-refractivity contribution is 7.17. The van der Waals surface area contributed by atoms with Crippen molar-refractivity contribution < 1.29 is 9.53 Å². The maximum atomic E-state index is 11.8. The van der Waals surface area contributed by atoms with Gasteiger partial charge >= 0.3 is 0 Å². The van der Waals surface area contributed by atoms with Gasteiger partial charge in [-0.15, -0.1) is 10.2 Å². The predicted octanol–water partition coefficient (Wildman–Crippen LogP) is 1.51. The van der Waals surface area contributed by atoms with Crippen LogP contribution in [-0.4, -0.2) is 42.4 Å². The van der Waals surface area contributed by atoms with E-state index in [4.69, 9.17) is 4.74 Å². The van der Waals surface area contributed by atoms with Gasteiger partial charge in [-0.2, -0.15) is 0 Å². The number of methoxy groups -OCH3 is 1. The Morgan fingerprint density at radius 2 is 2.28 bits per heavy atom. The minimum absolute atomic E-state index is 0.0633. The van der Waals surface area contributed by atoms with E-state index in [9.17, 15) is 4.79 Å². The molecule has 7 heteroatoms. The smallest absolute Gasteiger partial charge is 0.282 e. The van der Waals surface area contributed by atoms with Crippen molar-refractivity contribution in [2.75, 3.05) is 25.6 Å². The summed E-state index contributed by atoms with van der Waals surface area (Å²) in [6.07, 6.45) is 1.79. The first-order valence-corrected chi connectivity index (χ1v) is 6.86. The Labute approximate surface area is 111 Å². The Morgan fingerprint density at radius 1 is 1.50 bits per heavy atom. The Bertz CT molecular complexity index is 370. The molecule has 0 saturated carbocycles. The van der Waals surface area contributed by atoms with E-state index >= 15 is 0 Å². The van der Waals surface area contributed by atoms with E-state index in [1.165, 1.54) is 11.3 Å². The van der Waals surface area contributed by atoms with Crippen molar-refractivity contribution >= 4 is 22.4 Å². The van der Waals surface area contributed by atoms with Crippen molar-refractivity contribution in [1.82, 2.24) is 15.5 Å². The minimum Gasteiger partial charge on any atom is -0.385 e. The number of nitrogens with one attached hydrogen (secondary N) is 2. The number of anilines is 1. The van der Waals surface area contributed by atoms with Crippen molar-refractivity contribution in [3.63, 3.8) is 0 Å². The molecular formula is C11H20N4O2S. The number of hydrogen-bond donors (Lipinski definition) is 2. The van der Waals surface area contributed by atoms with E-state index in [-0.39, 0.29) is 11.9 Å². The van der Waals surface area contributed by atoms with Crippen LogP contribution in [-0.2, 0) is 4.74 Å². The number of carbonyl (C=O) groups excluding carboxylic acids is 1. The molecule has 6 nitrogen and oxygen atoms in total. The van der Waals surface area contributed by atoms with E-state index in [0.717, 1.165) is 19.4 Å². The van der Waals surface area contributed by atoms with E-state index in [1.54, 1.807) is 7.11 Å². The quantitative estimate of drug-likeness (QED) is 0.750. The van der Waals surface area contributed by atoms with Crippen LogP contribution in [0.5, 0.6) is 0 Å². The molecule has 0 saturated heterocycles. The molecule has 0 aromatic carbocycles. The molecular weight excluding hydrogens is 252 g/mol. The zero-order valence-corrected chi connectivity index (χ0v) is 11.8. The van der Waals surface area contributed by atoms with Crippen LogP contribution in [0, 0.1) is 0 Å². The predicted molar refractivity (Wildman–Crippen MR) is 72.1 cm³/mol. The SMILES string of the molecule is CCCNc1nnc(C(=O)NC(C)CCOC)s1. The van der Waals surface area contributed by atoms with Crippen molar-refractivity contribution in [1.29, 1.82) is 0 Å². The van der Waals surface area contributed by atoms with Gasteiger partial charge in [-0.1, -0.05) is 18.3 Å². The number of hydrogen-bond acceptors (Lipinski definition) is 6. The second-order valence-corrected chi connectivity index (χ2v) is 4.97. The fourth-order valence-corrected chi connectivity index (χ4v) is 1.94. The molecule has 1 unspecified atom stereocenters. The van der Waals surface area contributed by atoms with E-state index in [1.807, 2.05) is 6.92 Å². The van der Waals surface area contributed by atoms with Gasteiger partial charge in [0.1, 0.15) is 0 Å². The first-order valence-electron chi connectivity index (χ1n) is 6.04. The maximum Gasteiger partial charge on any atom is 0.282 e. The van der Waals surface area contributed by atoms with Gasteiger partial charge in [0.25, 0.3) is 5.91 Å². The van der Waals surface area contributed by atoms with Crippen molar-refractivity contribution in [2.24, 2.45) is 0 Å². The third-order valence-electron chi connectivity index (χ3n) is 2.28. The van der Waals surface area contributed by atoms with Gasteiger partial charge in [-0.3, -0.25) is 4.79 Å². The topological polar surface area (TPSA) is 76.1 Å². The Hall–Kier alpha value is -1.21. The average Bonchev–Trinajstić information content (AvgIpc) is 2.82. The number of carbonyl (C=O) groups is 1. The highest BCUT2D eigenvalue weighted by Crippen LogP contribution is 2.15. The lowest BCUT2D eigenvalue weighted by Crippen LogP contribution is -2.33. The third kappa shape index (κ3) is 4.97. The van der Waals surface area contributed by atoms with E-state index < -0.39 is 0 Å². The van der Waals surface area contributed by atoms with Gasteiger partial charge < -0.3 is 15.4 Å². The normalized spacial score (nSPS) is 12.2. The maximum absolute atomic E-state index is 11.8. The van der Waals surface area contributed by atoms with Gasteiger partial charge in [0, 0.05) is 26.3 Å². The first kappa shape index (κ1) is 14.8. The van der Waals surface area contributed by atoms with Gasteiger partial charge in [0.05, 0.1) is 0 Å². The molecule has 1 atom stereocenters. The molecule has 102 valence electrons. The van der Waals surface area contributed by atoms with E-state index in [2.05, 4.69) is 27.8 Å². The van der Waals surface area contributed by atoms with Gasteiger partial charge in [-0.25, -0.2) is 0 Å². The summed E-state index contributed by atoms with van der Waals surface area (Å²) in [6.45, 7) is 5.47. The van der Waals surface area contributed by atoms with Crippen LogP contribution in [0.25, 0.3) is 0 Å². The fourth-order valence-electron chi connectivity index (χ4n) is 1.27. The summed E-state index contributed by atoms with van der Waals surface area (Å²) < 4.78 is 4.96. The minimum atomic E-state index is -0.180. The molecule has 18 heavy (non-hydrogen) atoms.